The molecule has 0 saturated carbocycles. The van der Waals surface area contributed by atoms with Gasteiger partial charge in [0.1, 0.15) is 5.52 Å². The van der Waals surface area contributed by atoms with Crippen molar-refractivity contribution in [2.75, 3.05) is 5.32 Å². The van der Waals surface area contributed by atoms with E-state index in [1.54, 1.807) is 25.1 Å². The fraction of sp³-hybridized carbons (Fsp3) is 0.167. The lowest BCUT2D eigenvalue weighted by Crippen LogP contribution is -2.28. The minimum atomic E-state index is -0.630. The number of oxime groups is 1. The van der Waals surface area contributed by atoms with Crippen LogP contribution in [0.5, 0.6) is 0 Å². The third kappa shape index (κ3) is 2.74. The summed E-state index contributed by atoms with van der Waals surface area (Å²) in [5, 5.41) is 6.87. The number of anilines is 1. The highest BCUT2D eigenvalue weighted by molar-refractivity contribution is 6.06. The van der Waals surface area contributed by atoms with Crippen LogP contribution in [0.15, 0.2) is 58.1 Å². The summed E-state index contributed by atoms with van der Waals surface area (Å²) in [7, 11) is 0. The largest absolute Gasteiger partial charge is 0.441 e. The van der Waals surface area contributed by atoms with Gasteiger partial charge in [-0.25, -0.2) is 4.98 Å². The highest BCUT2D eigenvalue weighted by atomic mass is 16.6. The van der Waals surface area contributed by atoms with Gasteiger partial charge < -0.3 is 14.6 Å². The first-order chi connectivity index (χ1) is 11.7. The Morgan fingerprint density at radius 3 is 2.88 bits per heavy atom. The van der Waals surface area contributed by atoms with Gasteiger partial charge in [0.15, 0.2) is 11.5 Å². The van der Waals surface area contributed by atoms with Crippen molar-refractivity contribution in [2.45, 2.75) is 19.4 Å². The normalized spacial score (nSPS) is 16.7. The van der Waals surface area contributed by atoms with Crippen LogP contribution in [0.1, 0.15) is 17.9 Å². The monoisotopic (exact) mass is 321 g/mol. The van der Waals surface area contributed by atoms with E-state index < -0.39 is 6.10 Å². The van der Waals surface area contributed by atoms with Gasteiger partial charge in [-0.05, 0) is 23.8 Å². The van der Waals surface area contributed by atoms with Gasteiger partial charge >= 0.3 is 0 Å². The highest BCUT2D eigenvalue weighted by Gasteiger charge is 2.28. The third-order valence-electron chi connectivity index (χ3n) is 3.83. The summed E-state index contributed by atoms with van der Waals surface area (Å²) >= 11 is 0. The molecule has 2 aromatic carbocycles. The second kappa shape index (κ2) is 5.81. The lowest BCUT2D eigenvalue weighted by molar-refractivity contribution is -0.125. The quantitative estimate of drug-likeness (QED) is 0.803. The first-order valence-corrected chi connectivity index (χ1v) is 7.65. The van der Waals surface area contributed by atoms with Crippen molar-refractivity contribution in [1.82, 2.24) is 4.98 Å². The zero-order valence-electron chi connectivity index (χ0n) is 13.0. The first-order valence-electron chi connectivity index (χ1n) is 7.65. The molecule has 120 valence electrons. The van der Waals surface area contributed by atoms with Crippen molar-refractivity contribution in [3.05, 3.63) is 60.0 Å². The predicted molar refractivity (Wildman–Crippen MR) is 89.8 cm³/mol. The zero-order valence-corrected chi connectivity index (χ0v) is 13.0. The second-order valence-electron chi connectivity index (χ2n) is 5.61. The molecule has 0 unspecified atom stereocenters. The van der Waals surface area contributed by atoms with Gasteiger partial charge in [-0.2, -0.15) is 0 Å². The molecule has 1 aromatic heterocycles. The number of carbonyl (C=O) groups is 1. The van der Waals surface area contributed by atoms with Crippen LogP contribution in [0.2, 0.25) is 0 Å². The number of hydrogen-bond donors (Lipinski definition) is 1. The molecule has 0 bridgehead atoms. The van der Waals surface area contributed by atoms with Crippen molar-refractivity contribution in [2.24, 2.45) is 5.16 Å². The van der Waals surface area contributed by atoms with Gasteiger partial charge in [0.2, 0.25) is 6.10 Å². The molecular weight excluding hydrogens is 306 g/mol. The Morgan fingerprint density at radius 2 is 2.04 bits per heavy atom. The van der Waals surface area contributed by atoms with Crippen molar-refractivity contribution in [3.63, 3.8) is 0 Å². The average molecular weight is 321 g/mol. The van der Waals surface area contributed by atoms with Gasteiger partial charge in [0.05, 0.1) is 5.71 Å². The van der Waals surface area contributed by atoms with Crippen molar-refractivity contribution >= 4 is 28.4 Å². The highest BCUT2D eigenvalue weighted by Crippen LogP contribution is 2.22. The van der Waals surface area contributed by atoms with Crippen LogP contribution in [0.3, 0.4) is 0 Å². The van der Waals surface area contributed by atoms with Gasteiger partial charge in [-0.3, -0.25) is 4.79 Å². The number of aryl methyl sites for hydroxylation is 1. The summed E-state index contributed by atoms with van der Waals surface area (Å²) < 4.78 is 5.42. The van der Waals surface area contributed by atoms with Crippen LogP contribution in [0.25, 0.3) is 11.1 Å². The molecule has 2 heterocycles. The fourth-order valence-electron chi connectivity index (χ4n) is 2.66. The molecule has 1 N–H and O–H groups in total. The van der Waals surface area contributed by atoms with Crippen LogP contribution in [-0.4, -0.2) is 22.7 Å². The molecule has 0 radical (unpaired) electrons. The number of hydrogen-bond acceptors (Lipinski definition) is 5. The SMILES string of the molecule is Cc1nc2cc(NC(=O)[C@@H]3CC(c4ccccc4)=NO3)ccc2o1. The van der Waals surface area contributed by atoms with E-state index in [2.05, 4.69) is 15.5 Å². The van der Waals surface area contributed by atoms with Crippen molar-refractivity contribution < 1.29 is 14.0 Å². The van der Waals surface area contributed by atoms with Crippen LogP contribution in [0.4, 0.5) is 5.69 Å². The molecule has 3 aromatic rings. The van der Waals surface area contributed by atoms with Gasteiger partial charge in [0.25, 0.3) is 5.91 Å². The molecule has 1 aliphatic heterocycles. The van der Waals surface area contributed by atoms with E-state index >= 15 is 0 Å². The second-order valence-corrected chi connectivity index (χ2v) is 5.61. The standard InChI is InChI=1S/C18H15N3O3/c1-11-19-15-9-13(7-8-16(15)23-11)20-18(22)17-10-14(21-24-17)12-5-3-2-4-6-12/h2-9,17H,10H2,1H3,(H,20,22)/t17-/m0/s1. The minimum absolute atomic E-state index is 0.232. The zero-order chi connectivity index (χ0) is 16.5. The molecule has 1 aliphatic rings. The number of benzene rings is 2. The summed E-state index contributed by atoms with van der Waals surface area (Å²) in [5.41, 5.74) is 3.79. The number of amides is 1. The van der Waals surface area contributed by atoms with E-state index in [0.717, 1.165) is 11.3 Å². The van der Waals surface area contributed by atoms with Gasteiger partial charge in [0, 0.05) is 19.0 Å². The Labute approximate surface area is 138 Å². The molecule has 6 nitrogen and oxygen atoms in total. The molecule has 1 atom stereocenters. The lowest BCUT2D eigenvalue weighted by Gasteiger charge is -2.09. The number of fused-ring (bicyclic) bond motifs is 1. The van der Waals surface area contributed by atoms with E-state index in [1.165, 1.54) is 0 Å². The maximum atomic E-state index is 12.4. The summed E-state index contributed by atoms with van der Waals surface area (Å²) in [5.74, 6) is 0.359. The van der Waals surface area contributed by atoms with E-state index in [4.69, 9.17) is 9.25 Å². The molecule has 0 aliphatic carbocycles. The molecule has 1 amide bonds. The van der Waals surface area contributed by atoms with Crippen LogP contribution >= 0.6 is 0 Å². The lowest BCUT2D eigenvalue weighted by atomic mass is 10.0. The Hall–Kier alpha value is -3.15. The fourth-order valence-corrected chi connectivity index (χ4v) is 2.66. The number of nitrogens with one attached hydrogen (secondary N) is 1. The number of nitrogens with zero attached hydrogens (tertiary/aromatic N) is 2. The molecular formula is C18H15N3O3. The van der Waals surface area contributed by atoms with Crippen molar-refractivity contribution in [3.8, 4) is 0 Å². The summed E-state index contributed by atoms with van der Waals surface area (Å²) in [6.07, 6.45) is -0.184. The van der Waals surface area contributed by atoms with E-state index in [0.29, 0.717) is 29.1 Å². The third-order valence-corrected chi connectivity index (χ3v) is 3.83. The molecule has 0 spiro atoms. The van der Waals surface area contributed by atoms with E-state index in [1.807, 2.05) is 30.3 Å². The number of oxazole rings is 1. The Bertz CT molecular complexity index is 931. The van der Waals surface area contributed by atoms with E-state index in [9.17, 15) is 4.79 Å². The van der Waals surface area contributed by atoms with Crippen LogP contribution in [0, 0.1) is 6.92 Å². The molecule has 4 rings (SSSR count). The molecule has 24 heavy (non-hydrogen) atoms. The maximum Gasteiger partial charge on any atom is 0.268 e. The van der Waals surface area contributed by atoms with Crippen LogP contribution < -0.4 is 5.32 Å². The van der Waals surface area contributed by atoms with E-state index in [-0.39, 0.29) is 5.91 Å². The van der Waals surface area contributed by atoms with Gasteiger partial charge in [-0.1, -0.05) is 35.5 Å². The predicted octanol–water partition coefficient (Wildman–Crippen LogP) is 3.27. The topological polar surface area (TPSA) is 76.7 Å². The number of carbonyl (C=O) groups excluding carboxylic acids is 1. The molecule has 6 heteroatoms. The summed E-state index contributed by atoms with van der Waals surface area (Å²) in [6, 6.07) is 15.0. The van der Waals surface area contributed by atoms with Crippen molar-refractivity contribution in [1.29, 1.82) is 0 Å². The Kier molecular flexibility index (Phi) is 3.49. The maximum absolute atomic E-state index is 12.4. The number of rotatable bonds is 3. The molecule has 0 fully saturated rings. The summed E-state index contributed by atoms with van der Waals surface area (Å²) in [4.78, 5) is 21.9. The molecule has 0 saturated heterocycles. The summed E-state index contributed by atoms with van der Waals surface area (Å²) in [6.45, 7) is 1.78. The van der Waals surface area contributed by atoms with Gasteiger partial charge in [-0.15, -0.1) is 0 Å². The Morgan fingerprint density at radius 1 is 1.21 bits per heavy atom. The number of aromatic nitrogens is 1. The first kappa shape index (κ1) is 14.4. The minimum Gasteiger partial charge on any atom is -0.441 e. The Balaban J connectivity index is 1.45. The van der Waals surface area contributed by atoms with Crippen LogP contribution in [-0.2, 0) is 9.63 Å². The average Bonchev–Trinajstić information content (AvgIpc) is 3.21. The smallest absolute Gasteiger partial charge is 0.268 e.